The van der Waals surface area contributed by atoms with Crippen molar-refractivity contribution in [2.75, 3.05) is 11.9 Å². The summed E-state index contributed by atoms with van der Waals surface area (Å²) in [5, 5.41) is 10.5. The normalized spacial score (nSPS) is 10.4. The molecule has 0 bridgehead atoms. The van der Waals surface area contributed by atoms with Crippen molar-refractivity contribution in [3.8, 4) is 5.82 Å². The van der Waals surface area contributed by atoms with E-state index < -0.39 is 0 Å². The SMILES string of the molecule is O=C(CNc1ccccc1Cl)NCc1cccnc1-n1cncn1. The molecule has 0 fully saturated rings. The summed E-state index contributed by atoms with van der Waals surface area (Å²) in [6.45, 7) is 0.467. The second-order valence-corrected chi connectivity index (χ2v) is 5.34. The lowest BCUT2D eigenvalue weighted by Gasteiger charge is -2.11. The van der Waals surface area contributed by atoms with Gasteiger partial charge in [0.1, 0.15) is 12.7 Å². The van der Waals surface area contributed by atoms with Crippen LogP contribution in [-0.2, 0) is 11.3 Å². The van der Waals surface area contributed by atoms with Gasteiger partial charge in [-0.3, -0.25) is 4.79 Å². The van der Waals surface area contributed by atoms with E-state index in [0.717, 1.165) is 11.3 Å². The van der Waals surface area contributed by atoms with E-state index in [2.05, 4.69) is 25.7 Å². The van der Waals surface area contributed by atoms with Crippen molar-refractivity contribution < 1.29 is 4.79 Å². The molecule has 0 aliphatic heterocycles. The number of anilines is 1. The van der Waals surface area contributed by atoms with Gasteiger partial charge in [0.05, 0.1) is 17.3 Å². The quantitative estimate of drug-likeness (QED) is 0.716. The van der Waals surface area contributed by atoms with Crippen molar-refractivity contribution in [3.63, 3.8) is 0 Å². The van der Waals surface area contributed by atoms with Gasteiger partial charge in [0.15, 0.2) is 5.82 Å². The van der Waals surface area contributed by atoms with Crippen LogP contribution < -0.4 is 10.6 Å². The molecule has 0 saturated carbocycles. The number of pyridine rings is 1. The molecule has 24 heavy (non-hydrogen) atoms. The third-order valence-corrected chi connectivity index (χ3v) is 3.62. The first-order valence-electron chi connectivity index (χ1n) is 7.28. The zero-order valence-corrected chi connectivity index (χ0v) is 13.4. The lowest BCUT2D eigenvalue weighted by atomic mass is 10.2. The van der Waals surface area contributed by atoms with E-state index in [9.17, 15) is 4.79 Å². The van der Waals surface area contributed by atoms with Crippen LogP contribution in [0.5, 0.6) is 0 Å². The van der Waals surface area contributed by atoms with Gasteiger partial charge in [-0.2, -0.15) is 5.10 Å². The highest BCUT2D eigenvalue weighted by Crippen LogP contribution is 2.19. The molecule has 1 aromatic carbocycles. The highest BCUT2D eigenvalue weighted by molar-refractivity contribution is 6.33. The number of hydrogen-bond donors (Lipinski definition) is 2. The minimum Gasteiger partial charge on any atom is -0.375 e. The molecule has 0 spiro atoms. The number of benzene rings is 1. The number of para-hydroxylation sites is 1. The van der Waals surface area contributed by atoms with E-state index in [1.807, 2.05) is 30.3 Å². The lowest BCUT2D eigenvalue weighted by molar-refractivity contribution is -0.119. The number of amides is 1. The molecule has 3 aromatic rings. The molecule has 2 N–H and O–H groups in total. The highest BCUT2D eigenvalue weighted by atomic mass is 35.5. The fourth-order valence-corrected chi connectivity index (χ4v) is 2.33. The second kappa shape index (κ2) is 7.56. The fraction of sp³-hybridized carbons (Fsp3) is 0.125. The molecule has 0 radical (unpaired) electrons. The molecule has 1 amide bonds. The molecule has 7 nitrogen and oxygen atoms in total. The van der Waals surface area contributed by atoms with Crippen LogP contribution in [0.25, 0.3) is 5.82 Å². The summed E-state index contributed by atoms with van der Waals surface area (Å²) in [4.78, 5) is 20.2. The summed E-state index contributed by atoms with van der Waals surface area (Å²) in [6.07, 6.45) is 4.67. The summed E-state index contributed by atoms with van der Waals surface area (Å²) in [5.41, 5.74) is 1.56. The van der Waals surface area contributed by atoms with Crippen molar-refractivity contribution >= 4 is 23.2 Å². The van der Waals surface area contributed by atoms with Crippen LogP contribution in [0.2, 0.25) is 5.02 Å². The Morgan fingerprint density at radius 3 is 2.88 bits per heavy atom. The molecule has 122 valence electrons. The molecule has 8 heteroatoms. The smallest absolute Gasteiger partial charge is 0.239 e. The predicted octanol–water partition coefficient (Wildman–Crippen LogP) is 2.04. The molecular weight excluding hydrogens is 328 g/mol. The first kappa shape index (κ1) is 15.9. The highest BCUT2D eigenvalue weighted by Gasteiger charge is 2.08. The van der Waals surface area contributed by atoms with Crippen LogP contribution in [0.15, 0.2) is 55.2 Å². The van der Waals surface area contributed by atoms with Crippen LogP contribution in [0.4, 0.5) is 5.69 Å². The van der Waals surface area contributed by atoms with E-state index in [1.54, 1.807) is 23.3 Å². The third kappa shape index (κ3) is 3.88. The maximum Gasteiger partial charge on any atom is 0.239 e. The number of nitrogens with one attached hydrogen (secondary N) is 2. The van der Waals surface area contributed by atoms with Crippen molar-refractivity contribution in [3.05, 3.63) is 65.8 Å². The van der Waals surface area contributed by atoms with E-state index in [4.69, 9.17) is 11.6 Å². The summed E-state index contributed by atoms with van der Waals surface area (Å²) in [5.74, 6) is 0.484. The van der Waals surface area contributed by atoms with Crippen LogP contribution in [-0.4, -0.2) is 32.2 Å². The summed E-state index contributed by atoms with van der Waals surface area (Å²) < 4.78 is 1.56. The number of nitrogens with zero attached hydrogens (tertiary/aromatic N) is 4. The second-order valence-electron chi connectivity index (χ2n) is 4.94. The van der Waals surface area contributed by atoms with Crippen LogP contribution in [0, 0.1) is 0 Å². The van der Waals surface area contributed by atoms with Crippen LogP contribution >= 0.6 is 11.6 Å². The van der Waals surface area contributed by atoms with Gasteiger partial charge in [-0.25, -0.2) is 14.6 Å². The van der Waals surface area contributed by atoms with Crippen molar-refractivity contribution in [1.29, 1.82) is 0 Å². The van der Waals surface area contributed by atoms with E-state index in [-0.39, 0.29) is 12.5 Å². The molecular formula is C16H15ClN6O. The van der Waals surface area contributed by atoms with Crippen LogP contribution in [0.1, 0.15) is 5.56 Å². The van der Waals surface area contributed by atoms with Gasteiger partial charge < -0.3 is 10.6 Å². The minimum atomic E-state index is -0.150. The molecule has 0 aliphatic carbocycles. The Bertz CT molecular complexity index is 821. The lowest BCUT2D eigenvalue weighted by Crippen LogP contribution is -2.30. The predicted molar refractivity (Wildman–Crippen MR) is 90.9 cm³/mol. The maximum atomic E-state index is 12.0. The largest absolute Gasteiger partial charge is 0.375 e. The average Bonchev–Trinajstić information content (AvgIpc) is 3.14. The fourth-order valence-electron chi connectivity index (χ4n) is 2.13. The van der Waals surface area contributed by atoms with E-state index in [0.29, 0.717) is 17.4 Å². The monoisotopic (exact) mass is 342 g/mol. The Labute approximate surface area is 143 Å². The maximum absolute atomic E-state index is 12.0. The van der Waals surface area contributed by atoms with E-state index >= 15 is 0 Å². The molecule has 0 saturated heterocycles. The van der Waals surface area contributed by atoms with Gasteiger partial charge in [0.25, 0.3) is 0 Å². The Hall–Kier alpha value is -2.93. The van der Waals surface area contributed by atoms with Gasteiger partial charge in [0.2, 0.25) is 5.91 Å². The Morgan fingerprint density at radius 1 is 1.21 bits per heavy atom. The number of carbonyl (C=O) groups is 1. The molecule has 0 aliphatic rings. The van der Waals surface area contributed by atoms with Gasteiger partial charge >= 0.3 is 0 Å². The summed E-state index contributed by atoms with van der Waals surface area (Å²) >= 11 is 6.04. The third-order valence-electron chi connectivity index (χ3n) is 3.29. The zero-order valence-electron chi connectivity index (χ0n) is 12.7. The topological polar surface area (TPSA) is 84.7 Å². The van der Waals surface area contributed by atoms with Crippen molar-refractivity contribution in [2.24, 2.45) is 0 Å². The number of halogens is 1. The molecule has 0 unspecified atom stereocenters. The van der Waals surface area contributed by atoms with Gasteiger partial charge in [-0.1, -0.05) is 29.8 Å². The standard InChI is InChI=1S/C16H15ClN6O/c17-13-5-1-2-6-14(13)20-9-15(24)21-8-12-4-3-7-19-16(12)23-11-18-10-22-23/h1-7,10-11,20H,8-9H2,(H,21,24). The van der Waals surface area contributed by atoms with Crippen LogP contribution in [0.3, 0.4) is 0 Å². The van der Waals surface area contributed by atoms with Gasteiger partial charge in [0, 0.05) is 18.3 Å². The first-order chi connectivity index (χ1) is 11.7. The summed E-state index contributed by atoms with van der Waals surface area (Å²) in [7, 11) is 0. The number of hydrogen-bond acceptors (Lipinski definition) is 5. The first-order valence-corrected chi connectivity index (χ1v) is 7.66. The molecule has 2 aromatic heterocycles. The number of carbonyl (C=O) groups excluding carboxylic acids is 1. The average molecular weight is 343 g/mol. The number of rotatable bonds is 6. The molecule has 0 atom stereocenters. The number of aromatic nitrogens is 4. The van der Waals surface area contributed by atoms with Gasteiger partial charge in [-0.15, -0.1) is 0 Å². The Morgan fingerprint density at radius 2 is 2.08 bits per heavy atom. The Kier molecular flexibility index (Phi) is 5.02. The van der Waals surface area contributed by atoms with Gasteiger partial charge in [-0.05, 0) is 18.2 Å². The van der Waals surface area contributed by atoms with E-state index in [1.165, 1.54) is 6.33 Å². The molecule has 3 rings (SSSR count). The Balaban J connectivity index is 1.58. The van der Waals surface area contributed by atoms with Crippen molar-refractivity contribution in [1.82, 2.24) is 25.1 Å². The van der Waals surface area contributed by atoms with Crippen molar-refractivity contribution in [2.45, 2.75) is 6.54 Å². The molecule has 2 heterocycles. The zero-order chi connectivity index (χ0) is 16.8. The minimum absolute atomic E-state index is 0.128. The summed E-state index contributed by atoms with van der Waals surface area (Å²) in [6, 6.07) is 11.0.